The summed E-state index contributed by atoms with van der Waals surface area (Å²) < 4.78 is 18.0. The molecule has 8 heteroatoms. The third kappa shape index (κ3) is 3.05. The monoisotopic (exact) mass is 417 g/mol. The summed E-state index contributed by atoms with van der Waals surface area (Å²) in [7, 11) is 0. The van der Waals surface area contributed by atoms with E-state index in [2.05, 4.69) is 5.32 Å². The van der Waals surface area contributed by atoms with Crippen molar-refractivity contribution in [3.05, 3.63) is 35.1 Å². The fourth-order valence-electron chi connectivity index (χ4n) is 4.67. The first-order valence-corrected chi connectivity index (χ1v) is 10.2. The van der Waals surface area contributed by atoms with Gasteiger partial charge in [0.05, 0.1) is 12.6 Å². The minimum atomic E-state index is -0.988. The molecule has 4 aliphatic heterocycles. The molecule has 4 fully saturated rings. The molecule has 162 valence electrons. The van der Waals surface area contributed by atoms with Gasteiger partial charge in [-0.1, -0.05) is 31.6 Å². The highest BCUT2D eigenvalue weighted by molar-refractivity contribution is 6.25. The second-order valence-corrected chi connectivity index (χ2v) is 8.90. The van der Waals surface area contributed by atoms with E-state index in [1.54, 1.807) is 6.08 Å². The Balaban J connectivity index is 1.51. The fraction of sp³-hybridized carbons (Fsp3) is 0.591. The van der Waals surface area contributed by atoms with Crippen LogP contribution in [0.1, 0.15) is 34.6 Å². The van der Waals surface area contributed by atoms with Gasteiger partial charge in [-0.25, -0.2) is 0 Å². The van der Waals surface area contributed by atoms with Crippen LogP contribution in [-0.2, 0) is 28.6 Å². The lowest BCUT2D eigenvalue weighted by molar-refractivity contribution is -0.350. The molecule has 2 N–H and O–H groups in total. The molecule has 2 bridgehead atoms. The van der Waals surface area contributed by atoms with Crippen LogP contribution in [0.5, 0.6) is 0 Å². The van der Waals surface area contributed by atoms with E-state index in [4.69, 9.17) is 14.2 Å². The SMILES string of the molecule is CC(=C/[C@H](C)[C@H]1O[C@]2(C)O[C@@H](C(=O)[C@H]3O[C@]32C)[C@H]1C)/C=C/C(O)=C1/C(=O)CNC1=O. The molecule has 0 aromatic heterocycles. The summed E-state index contributed by atoms with van der Waals surface area (Å²) in [6.07, 6.45) is 3.64. The molecule has 1 amide bonds. The van der Waals surface area contributed by atoms with Gasteiger partial charge in [-0.15, -0.1) is 0 Å². The Morgan fingerprint density at radius 1 is 1.20 bits per heavy atom. The molecule has 4 saturated heterocycles. The summed E-state index contributed by atoms with van der Waals surface area (Å²) in [6, 6.07) is 0. The third-order valence-electron chi connectivity index (χ3n) is 6.67. The number of hydrogen-bond donors (Lipinski definition) is 2. The zero-order chi connectivity index (χ0) is 22.0. The van der Waals surface area contributed by atoms with Crippen molar-refractivity contribution in [3.8, 4) is 0 Å². The number of ether oxygens (including phenoxy) is 3. The van der Waals surface area contributed by atoms with Gasteiger partial charge in [-0.05, 0) is 26.8 Å². The van der Waals surface area contributed by atoms with Gasteiger partial charge in [0.15, 0.2) is 29.1 Å². The standard InChI is InChI=1S/C22H27NO7/c1-10(6-7-13(24)15-14(25)9-23-20(15)27)8-11(2)17-12(3)18-16(26)19-21(4,30-19)22(5,28-17)29-18/h6-8,11-12,17-19,24H,9H2,1-5H3,(H,23,27)/b7-6+,10-8-,15-13+/t11-,12-,17+,18+,19+,21+,22+/m0/s1. The number of aliphatic hydroxyl groups excluding tert-OH is 1. The number of carbonyl (C=O) groups is 3. The maximum Gasteiger partial charge on any atom is 0.259 e. The van der Waals surface area contributed by atoms with Gasteiger partial charge in [0.2, 0.25) is 0 Å². The zero-order valence-electron chi connectivity index (χ0n) is 17.7. The van der Waals surface area contributed by atoms with Gasteiger partial charge in [0.1, 0.15) is 17.4 Å². The van der Waals surface area contributed by atoms with Gasteiger partial charge in [0.25, 0.3) is 5.91 Å². The van der Waals surface area contributed by atoms with Crippen molar-refractivity contribution in [1.29, 1.82) is 0 Å². The van der Waals surface area contributed by atoms with E-state index < -0.39 is 35.3 Å². The van der Waals surface area contributed by atoms with Crippen LogP contribution >= 0.6 is 0 Å². The molecule has 0 unspecified atom stereocenters. The van der Waals surface area contributed by atoms with Crippen molar-refractivity contribution < 1.29 is 33.7 Å². The van der Waals surface area contributed by atoms with E-state index in [-0.39, 0.29) is 41.6 Å². The van der Waals surface area contributed by atoms with Gasteiger partial charge in [-0.3, -0.25) is 14.4 Å². The zero-order valence-corrected chi connectivity index (χ0v) is 17.7. The number of allylic oxidation sites excluding steroid dienone is 3. The maximum absolute atomic E-state index is 12.7. The Morgan fingerprint density at radius 2 is 1.90 bits per heavy atom. The molecule has 0 aromatic carbocycles. The van der Waals surface area contributed by atoms with E-state index in [1.165, 1.54) is 6.08 Å². The van der Waals surface area contributed by atoms with E-state index in [1.807, 2.05) is 40.7 Å². The van der Waals surface area contributed by atoms with Crippen LogP contribution in [0.4, 0.5) is 0 Å². The maximum atomic E-state index is 12.7. The summed E-state index contributed by atoms with van der Waals surface area (Å²) in [5, 5.41) is 12.5. The first-order chi connectivity index (χ1) is 14.0. The number of hydrogen-bond acceptors (Lipinski definition) is 7. The van der Waals surface area contributed by atoms with Crippen LogP contribution in [0.15, 0.2) is 35.1 Å². The molecule has 4 aliphatic rings. The highest BCUT2D eigenvalue weighted by Crippen LogP contribution is 2.57. The molecule has 4 heterocycles. The molecule has 0 spiro atoms. The van der Waals surface area contributed by atoms with Gasteiger partial charge in [0, 0.05) is 11.8 Å². The summed E-state index contributed by atoms with van der Waals surface area (Å²) in [4.78, 5) is 36.0. The van der Waals surface area contributed by atoms with Crippen molar-refractivity contribution >= 4 is 17.5 Å². The molecular formula is C22H27NO7. The first-order valence-electron chi connectivity index (χ1n) is 10.2. The Bertz CT molecular complexity index is 900. The topological polar surface area (TPSA) is 114 Å². The number of fused-ring (bicyclic) bond motifs is 4. The number of aliphatic hydroxyl groups is 1. The summed E-state index contributed by atoms with van der Waals surface area (Å²) >= 11 is 0. The third-order valence-corrected chi connectivity index (χ3v) is 6.67. The Kier molecular flexibility index (Phi) is 4.80. The van der Waals surface area contributed by atoms with Crippen molar-refractivity contribution in [3.63, 3.8) is 0 Å². The molecule has 0 saturated carbocycles. The molecule has 30 heavy (non-hydrogen) atoms. The predicted molar refractivity (Wildman–Crippen MR) is 105 cm³/mol. The van der Waals surface area contributed by atoms with Gasteiger partial charge in [-0.2, -0.15) is 0 Å². The second kappa shape index (κ2) is 6.87. The number of rotatable bonds is 4. The Hall–Kier alpha value is -2.29. The van der Waals surface area contributed by atoms with Crippen LogP contribution in [0.3, 0.4) is 0 Å². The second-order valence-electron chi connectivity index (χ2n) is 8.90. The normalized spacial score (nSPS) is 43.5. The molecule has 0 aromatic rings. The van der Waals surface area contributed by atoms with Crippen molar-refractivity contribution in [2.24, 2.45) is 11.8 Å². The van der Waals surface area contributed by atoms with Crippen molar-refractivity contribution in [2.75, 3.05) is 6.54 Å². The Labute approximate surface area is 174 Å². The highest BCUT2D eigenvalue weighted by atomic mass is 16.8. The summed E-state index contributed by atoms with van der Waals surface area (Å²) in [5.74, 6) is -2.59. The van der Waals surface area contributed by atoms with Crippen molar-refractivity contribution in [2.45, 2.75) is 64.3 Å². The smallest absolute Gasteiger partial charge is 0.259 e. The van der Waals surface area contributed by atoms with E-state index in [9.17, 15) is 19.5 Å². The minimum Gasteiger partial charge on any atom is -0.507 e. The predicted octanol–water partition coefficient (Wildman–Crippen LogP) is 1.51. The highest BCUT2D eigenvalue weighted by Gasteiger charge is 2.76. The molecular weight excluding hydrogens is 390 g/mol. The number of epoxide rings is 1. The summed E-state index contributed by atoms with van der Waals surface area (Å²) in [6.45, 7) is 9.34. The lowest BCUT2D eigenvalue weighted by Crippen LogP contribution is -2.66. The van der Waals surface area contributed by atoms with Crippen LogP contribution in [0, 0.1) is 11.8 Å². The van der Waals surface area contributed by atoms with Gasteiger partial charge >= 0.3 is 0 Å². The van der Waals surface area contributed by atoms with E-state index in [0.717, 1.165) is 5.57 Å². The number of nitrogens with one attached hydrogen (secondary N) is 1. The molecule has 4 rings (SSSR count). The largest absolute Gasteiger partial charge is 0.507 e. The lowest BCUT2D eigenvalue weighted by atomic mass is 9.78. The lowest BCUT2D eigenvalue weighted by Gasteiger charge is -2.51. The van der Waals surface area contributed by atoms with Crippen molar-refractivity contribution in [1.82, 2.24) is 5.32 Å². The minimum absolute atomic E-state index is 0.0281. The van der Waals surface area contributed by atoms with Crippen LogP contribution in [-0.4, -0.2) is 58.8 Å². The summed E-state index contributed by atoms with van der Waals surface area (Å²) in [5.41, 5.74) is -0.167. The number of amides is 1. The average Bonchev–Trinajstić information content (AvgIpc) is 3.29. The molecule has 0 radical (unpaired) electrons. The number of carbonyl (C=O) groups excluding carboxylic acids is 3. The number of ketones is 2. The van der Waals surface area contributed by atoms with Crippen LogP contribution < -0.4 is 5.32 Å². The fourth-order valence-corrected chi connectivity index (χ4v) is 4.67. The quantitative estimate of drug-likeness (QED) is 0.234. The molecule has 8 nitrogen and oxygen atoms in total. The molecule has 0 aliphatic carbocycles. The number of Topliss-reactive ketones (excluding diaryl/α,β-unsaturated/α-hetero) is 2. The first kappa shape index (κ1) is 21.0. The Morgan fingerprint density at radius 3 is 2.53 bits per heavy atom. The van der Waals surface area contributed by atoms with E-state index >= 15 is 0 Å². The van der Waals surface area contributed by atoms with Gasteiger partial charge < -0.3 is 24.6 Å². The average molecular weight is 417 g/mol. The van der Waals surface area contributed by atoms with E-state index in [0.29, 0.717) is 0 Å². The van der Waals surface area contributed by atoms with Crippen LogP contribution in [0.2, 0.25) is 0 Å². The van der Waals surface area contributed by atoms with Crippen LogP contribution in [0.25, 0.3) is 0 Å². The molecule has 7 atom stereocenters.